The molecule has 7 nitrogen and oxygen atoms in total. The predicted molar refractivity (Wildman–Crippen MR) is 67.8 cm³/mol. The van der Waals surface area contributed by atoms with Gasteiger partial charge < -0.3 is 21.3 Å². The first kappa shape index (κ1) is 15.7. The molecule has 0 aliphatic heterocycles. The molecule has 0 heterocycles. The fraction of sp³-hybridized carbons (Fsp3) is 0.364. The van der Waals surface area contributed by atoms with Crippen molar-refractivity contribution in [3.05, 3.63) is 25.3 Å². The summed E-state index contributed by atoms with van der Waals surface area (Å²) in [4.78, 5) is 32.7. The van der Waals surface area contributed by atoms with Crippen molar-refractivity contribution in [3.8, 4) is 0 Å². The van der Waals surface area contributed by atoms with E-state index in [0.717, 1.165) is 12.2 Å². The predicted octanol–water partition coefficient (Wildman–Crippen LogP) is -1.11. The van der Waals surface area contributed by atoms with Crippen molar-refractivity contribution in [2.45, 2.75) is 0 Å². The molecule has 4 N–H and O–H groups in total. The smallest absolute Gasteiger partial charge is 0.314 e. The highest BCUT2D eigenvalue weighted by Crippen LogP contribution is 1.69. The molecule has 0 aromatic heterocycles. The van der Waals surface area contributed by atoms with E-state index in [9.17, 15) is 14.4 Å². The highest BCUT2D eigenvalue weighted by atomic mass is 16.2. The highest BCUT2D eigenvalue weighted by Gasteiger charge is 1.99. The van der Waals surface area contributed by atoms with Crippen LogP contribution in [0.15, 0.2) is 25.3 Å². The van der Waals surface area contributed by atoms with Crippen molar-refractivity contribution in [1.82, 2.24) is 21.3 Å². The van der Waals surface area contributed by atoms with E-state index in [1.807, 2.05) is 0 Å². The number of hydrogen-bond acceptors (Lipinski definition) is 3. The lowest BCUT2D eigenvalue weighted by atomic mass is 10.5. The van der Waals surface area contributed by atoms with Gasteiger partial charge >= 0.3 is 6.03 Å². The summed E-state index contributed by atoms with van der Waals surface area (Å²) >= 11 is 0. The maximum Gasteiger partial charge on any atom is 0.314 e. The molecular formula is C11H18N4O3. The molecule has 0 atom stereocenters. The van der Waals surface area contributed by atoms with Gasteiger partial charge in [-0.1, -0.05) is 13.2 Å². The third-order valence-corrected chi connectivity index (χ3v) is 1.79. The summed E-state index contributed by atoms with van der Waals surface area (Å²) in [6.07, 6.45) is 2.31. The van der Waals surface area contributed by atoms with Gasteiger partial charge in [0.05, 0.1) is 0 Å². The Morgan fingerprint density at radius 3 is 1.39 bits per heavy atom. The van der Waals surface area contributed by atoms with Crippen molar-refractivity contribution in [1.29, 1.82) is 0 Å². The summed E-state index contributed by atoms with van der Waals surface area (Å²) < 4.78 is 0. The van der Waals surface area contributed by atoms with Gasteiger partial charge in [-0.2, -0.15) is 0 Å². The van der Waals surface area contributed by atoms with Gasteiger partial charge in [0.15, 0.2) is 0 Å². The Morgan fingerprint density at radius 2 is 1.06 bits per heavy atom. The van der Waals surface area contributed by atoms with Crippen LogP contribution in [0.3, 0.4) is 0 Å². The van der Waals surface area contributed by atoms with E-state index in [-0.39, 0.29) is 17.8 Å². The molecule has 0 radical (unpaired) electrons. The average molecular weight is 254 g/mol. The van der Waals surface area contributed by atoms with E-state index in [2.05, 4.69) is 34.4 Å². The molecule has 0 fully saturated rings. The second kappa shape index (κ2) is 9.88. The van der Waals surface area contributed by atoms with Gasteiger partial charge in [-0.3, -0.25) is 9.59 Å². The summed E-state index contributed by atoms with van der Waals surface area (Å²) in [5.74, 6) is -0.575. The Bertz CT molecular complexity index is 298. The van der Waals surface area contributed by atoms with Gasteiger partial charge in [0.1, 0.15) is 0 Å². The number of amides is 4. The summed E-state index contributed by atoms with van der Waals surface area (Å²) in [7, 11) is 0. The molecule has 0 unspecified atom stereocenters. The number of hydrogen-bond donors (Lipinski definition) is 4. The molecule has 0 aromatic carbocycles. The molecule has 0 aromatic rings. The van der Waals surface area contributed by atoms with E-state index < -0.39 is 0 Å². The summed E-state index contributed by atoms with van der Waals surface area (Å²) in [5, 5.41) is 10.1. The van der Waals surface area contributed by atoms with Gasteiger partial charge in [-0.05, 0) is 12.2 Å². The molecule has 0 aliphatic rings. The number of urea groups is 1. The van der Waals surface area contributed by atoms with Gasteiger partial charge in [-0.15, -0.1) is 0 Å². The molecule has 7 heteroatoms. The average Bonchev–Trinajstić information content (AvgIpc) is 2.38. The second-order valence-corrected chi connectivity index (χ2v) is 3.17. The molecule has 18 heavy (non-hydrogen) atoms. The van der Waals surface area contributed by atoms with E-state index in [4.69, 9.17) is 0 Å². The zero-order chi connectivity index (χ0) is 13.8. The lowest BCUT2D eigenvalue weighted by Crippen LogP contribution is -2.42. The van der Waals surface area contributed by atoms with Gasteiger partial charge in [-0.25, -0.2) is 4.79 Å². The Hall–Kier alpha value is -2.31. The first-order chi connectivity index (χ1) is 8.60. The zero-order valence-corrected chi connectivity index (χ0v) is 10.1. The third-order valence-electron chi connectivity index (χ3n) is 1.79. The Balaban J connectivity index is 3.43. The molecular weight excluding hydrogens is 236 g/mol. The highest BCUT2D eigenvalue weighted by molar-refractivity contribution is 5.87. The van der Waals surface area contributed by atoms with Crippen LogP contribution in [0.4, 0.5) is 4.79 Å². The van der Waals surface area contributed by atoms with Crippen LogP contribution >= 0.6 is 0 Å². The van der Waals surface area contributed by atoms with E-state index in [1.165, 1.54) is 0 Å². The first-order valence-corrected chi connectivity index (χ1v) is 5.42. The normalized spacial score (nSPS) is 8.89. The van der Waals surface area contributed by atoms with E-state index >= 15 is 0 Å². The van der Waals surface area contributed by atoms with Crippen LogP contribution in [0.2, 0.25) is 0 Å². The van der Waals surface area contributed by atoms with Crippen LogP contribution in [-0.2, 0) is 9.59 Å². The molecule has 0 saturated carbocycles. The summed E-state index contributed by atoms with van der Waals surface area (Å²) in [6.45, 7) is 7.85. The topological polar surface area (TPSA) is 99.3 Å². The van der Waals surface area contributed by atoms with Crippen LogP contribution in [0, 0.1) is 0 Å². The quantitative estimate of drug-likeness (QED) is 0.326. The lowest BCUT2D eigenvalue weighted by Gasteiger charge is -2.08. The zero-order valence-electron chi connectivity index (χ0n) is 10.1. The minimum Gasteiger partial charge on any atom is -0.351 e. The molecule has 4 amide bonds. The number of carbonyl (C=O) groups excluding carboxylic acids is 3. The number of rotatable bonds is 8. The Morgan fingerprint density at radius 1 is 0.722 bits per heavy atom. The minimum atomic E-state index is -0.365. The van der Waals surface area contributed by atoms with Crippen LogP contribution < -0.4 is 21.3 Å². The van der Waals surface area contributed by atoms with Gasteiger partial charge in [0, 0.05) is 26.2 Å². The SMILES string of the molecule is C=CC(=O)NCCNC(=O)NCCNC(=O)C=C. The monoisotopic (exact) mass is 254 g/mol. The van der Waals surface area contributed by atoms with Crippen LogP contribution in [0.5, 0.6) is 0 Å². The van der Waals surface area contributed by atoms with Crippen molar-refractivity contribution < 1.29 is 14.4 Å². The van der Waals surface area contributed by atoms with Crippen molar-refractivity contribution in [3.63, 3.8) is 0 Å². The van der Waals surface area contributed by atoms with Crippen molar-refractivity contribution >= 4 is 17.8 Å². The summed E-state index contributed by atoms with van der Waals surface area (Å²) in [6, 6.07) is -0.365. The first-order valence-electron chi connectivity index (χ1n) is 5.42. The molecule has 0 saturated heterocycles. The van der Waals surface area contributed by atoms with Crippen LogP contribution in [0.25, 0.3) is 0 Å². The number of nitrogens with one attached hydrogen (secondary N) is 4. The molecule has 0 rings (SSSR count). The van der Waals surface area contributed by atoms with Crippen molar-refractivity contribution in [2.75, 3.05) is 26.2 Å². The molecule has 0 spiro atoms. The molecule has 100 valence electrons. The third kappa shape index (κ3) is 8.96. The fourth-order valence-corrected chi connectivity index (χ4v) is 0.930. The largest absolute Gasteiger partial charge is 0.351 e. The maximum atomic E-state index is 11.2. The van der Waals surface area contributed by atoms with Crippen LogP contribution in [-0.4, -0.2) is 44.0 Å². The fourth-order valence-electron chi connectivity index (χ4n) is 0.930. The minimum absolute atomic E-state index is 0.288. The Labute approximate surface area is 106 Å². The molecule has 0 aliphatic carbocycles. The molecule has 0 bridgehead atoms. The summed E-state index contributed by atoms with van der Waals surface area (Å²) in [5.41, 5.74) is 0. The second-order valence-electron chi connectivity index (χ2n) is 3.17. The maximum absolute atomic E-state index is 11.2. The number of carbonyl (C=O) groups is 3. The Kier molecular flexibility index (Phi) is 8.62. The van der Waals surface area contributed by atoms with E-state index in [0.29, 0.717) is 26.2 Å². The van der Waals surface area contributed by atoms with Crippen molar-refractivity contribution in [2.24, 2.45) is 0 Å². The van der Waals surface area contributed by atoms with Crippen LogP contribution in [0.1, 0.15) is 0 Å². The lowest BCUT2D eigenvalue weighted by molar-refractivity contribution is -0.117. The standard InChI is InChI=1S/C11H18N4O3/c1-3-9(16)12-5-7-14-11(18)15-8-6-13-10(17)4-2/h3-4H,1-2,5-8H2,(H,12,16)(H,13,17)(H2,14,15,18). The van der Waals surface area contributed by atoms with Gasteiger partial charge in [0.2, 0.25) is 11.8 Å². The van der Waals surface area contributed by atoms with Gasteiger partial charge in [0.25, 0.3) is 0 Å². The van der Waals surface area contributed by atoms with E-state index in [1.54, 1.807) is 0 Å².